The Hall–Kier alpha value is -6.40. The van der Waals surface area contributed by atoms with Gasteiger partial charge in [-0.05, 0) is 49.2 Å². The molecule has 0 aliphatic carbocycles. The lowest BCUT2D eigenvalue weighted by Crippen LogP contribution is -2.32. The summed E-state index contributed by atoms with van der Waals surface area (Å²) in [4.78, 5) is 62.2. The van der Waals surface area contributed by atoms with Crippen LogP contribution in [0.25, 0.3) is 22.3 Å². The molecule has 3 aliphatic rings. The molecule has 7 rings (SSSR count). The van der Waals surface area contributed by atoms with Crippen LogP contribution in [0, 0.1) is 0 Å². The van der Waals surface area contributed by atoms with E-state index in [1.807, 2.05) is 24.3 Å². The summed E-state index contributed by atoms with van der Waals surface area (Å²) in [6, 6.07) is 16.5. The first-order valence-corrected chi connectivity index (χ1v) is 17.0. The zero-order valence-corrected chi connectivity index (χ0v) is 29.2. The monoisotopic (exact) mass is 712 g/mol. The molecule has 2 N–H and O–H groups in total. The molecule has 2 aromatic heterocycles. The van der Waals surface area contributed by atoms with Gasteiger partial charge in [0.1, 0.15) is 19.8 Å². The normalized spacial score (nSPS) is 16.7. The van der Waals surface area contributed by atoms with Crippen molar-refractivity contribution in [2.45, 2.75) is 45.4 Å². The molecule has 12 heteroatoms. The Morgan fingerprint density at radius 3 is 2.32 bits per heavy atom. The van der Waals surface area contributed by atoms with Crippen LogP contribution in [0.1, 0.15) is 60.1 Å². The van der Waals surface area contributed by atoms with Gasteiger partial charge in [-0.25, -0.2) is 14.6 Å². The maximum atomic E-state index is 13.7. The van der Waals surface area contributed by atoms with Gasteiger partial charge >= 0.3 is 17.9 Å². The van der Waals surface area contributed by atoms with Crippen molar-refractivity contribution in [3.05, 3.63) is 141 Å². The van der Waals surface area contributed by atoms with Crippen LogP contribution in [0.4, 0.5) is 5.69 Å². The van der Waals surface area contributed by atoms with Gasteiger partial charge in [0.25, 0.3) is 5.56 Å². The van der Waals surface area contributed by atoms with E-state index in [-0.39, 0.29) is 55.1 Å². The maximum absolute atomic E-state index is 13.7. The number of aliphatic imine (C=N–C) groups is 1. The third-order valence-electron chi connectivity index (χ3n) is 9.56. The highest BCUT2D eigenvalue weighted by Crippen LogP contribution is 2.41. The number of nitrogens with one attached hydrogen (secondary N) is 1. The van der Waals surface area contributed by atoms with Gasteiger partial charge in [-0.1, -0.05) is 55.6 Å². The second-order valence-corrected chi connectivity index (χ2v) is 12.9. The van der Waals surface area contributed by atoms with E-state index in [0.717, 1.165) is 16.5 Å². The SMILES string of the molecule is C=CCOC(=O)C1=C(C)NC(C)=C(C(=O)OCC=C)C1c1ccc(N=Cc2c3c(nc4ccccc24)-c2cc4c(c(=O)n2C3)COC(=O)CC4O)cc1. The summed E-state index contributed by atoms with van der Waals surface area (Å²) in [6.45, 7) is 10.8. The number of esters is 3. The standard InChI is InChI=1S/C41H36N4O8/c1-5-15-51-40(49)35-22(3)43-23(4)36(41(50)52-16-6-2)37(35)24-11-13-25(14-12-24)42-19-28-26-9-7-8-10-31(26)44-38-29(28)20-45-32(38)17-27-30(39(45)48)21-53-34(47)18-33(27)46/h5-14,17,19,33,37,43,46H,1-2,15-16,18,20-21H2,3-4H3. The number of pyridine rings is 2. The van der Waals surface area contributed by atoms with E-state index in [0.29, 0.717) is 45.1 Å². The van der Waals surface area contributed by atoms with Crippen LogP contribution in [0.3, 0.4) is 0 Å². The minimum atomic E-state index is -1.17. The zero-order valence-electron chi connectivity index (χ0n) is 29.2. The molecule has 0 bridgehead atoms. The molecule has 12 nitrogen and oxygen atoms in total. The number of cyclic esters (lactones) is 1. The molecular weight excluding hydrogens is 676 g/mol. The van der Waals surface area contributed by atoms with Gasteiger partial charge in [-0.2, -0.15) is 0 Å². The summed E-state index contributed by atoms with van der Waals surface area (Å²) in [6.07, 6.45) is 3.28. The fourth-order valence-electron chi connectivity index (χ4n) is 7.12. The molecule has 0 fully saturated rings. The van der Waals surface area contributed by atoms with Crippen molar-refractivity contribution in [1.82, 2.24) is 14.9 Å². The lowest BCUT2D eigenvalue weighted by atomic mass is 9.80. The lowest BCUT2D eigenvalue weighted by Gasteiger charge is -2.30. The average molecular weight is 713 g/mol. The van der Waals surface area contributed by atoms with Crippen LogP contribution in [0.15, 0.2) is 112 Å². The van der Waals surface area contributed by atoms with Gasteiger partial charge in [-0.15, -0.1) is 0 Å². The number of ether oxygens (including phenoxy) is 3. The number of aliphatic hydroxyl groups excluding tert-OH is 1. The molecular formula is C41H36N4O8. The second-order valence-electron chi connectivity index (χ2n) is 12.9. The first-order valence-electron chi connectivity index (χ1n) is 17.0. The van der Waals surface area contributed by atoms with Gasteiger partial charge in [0, 0.05) is 34.1 Å². The van der Waals surface area contributed by atoms with Crippen LogP contribution >= 0.6 is 0 Å². The van der Waals surface area contributed by atoms with E-state index in [1.165, 1.54) is 12.2 Å². The maximum Gasteiger partial charge on any atom is 0.337 e. The Morgan fingerprint density at radius 2 is 1.66 bits per heavy atom. The van der Waals surface area contributed by atoms with Crippen molar-refractivity contribution in [2.24, 2.45) is 4.99 Å². The third kappa shape index (κ3) is 6.38. The number of aromatic nitrogens is 2. The van der Waals surface area contributed by atoms with Crippen molar-refractivity contribution < 1.29 is 33.7 Å². The fourth-order valence-corrected chi connectivity index (χ4v) is 7.12. The smallest absolute Gasteiger partial charge is 0.337 e. The lowest BCUT2D eigenvalue weighted by molar-refractivity contribution is -0.146. The molecule has 1 unspecified atom stereocenters. The Kier molecular flexibility index (Phi) is 9.46. The molecule has 3 aliphatic heterocycles. The Morgan fingerprint density at radius 1 is 1.00 bits per heavy atom. The quantitative estimate of drug-likeness (QED) is 0.0884. The number of fused-ring (bicyclic) bond motifs is 5. The number of hydrogen-bond acceptors (Lipinski definition) is 11. The topological polar surface area (TPSA) is 158 Å². The van der Waals surface area contributed by atoms with Gasteiger partial charge < -0.3 is 29.2 Å². The fraction of sp³-hybridized carbons (Fsp3) is 0.220. The van der Waals surface area contributed by atoms with Gasteiger partial charge in [0.15, 0.2) is 0 Å². The Labute approximate surface area is 304 Å². The number of carbonyl (C=O) groups excluding carboxylic acids is 3. The number of allylic oxidation sites excluding steroid dienone is 2. The average Bonchev–Trinajstić information content (AvgIpc) is 3.44. The first-order chi connectivity index (χ1) is 25.6. The molecule has 5 heterocycles. The van der Waals surface area contributed by atoms with Crippen LogP contribution in [-0.4, -0.2) is 52.0 Å². The van der Waals surface area contributed by atoms with E-state index in [1.54, 1.807) is 55.0 Å². The number of aliphatic hydroxyl groups is 1. The molecule has 2 aromatic carbocycles. The first kappa shape index (κ1) is 35.0. The molecule has 0 spiro atoms. The van der Waals surface area contributed by atoms with Gasteiger partial charge in [0.2, 0.25) is 0 Å². The highest BCUT2D eigenvalue weighted by atomic mass is 16.5. The highest BCUT2D eigenvalue weighted by molar-refractivity contribution is 6.03. The van der Waals surface area contributed by atoms with E-state index >= 15 is 0 Å². The van der Waals surface area contributed by atoms with Crippen LogP contribution in [0.2, 0.25) is 0 Å². The van der Waals surface area contributed by atoms with Crippen molar-refractivity contribution in [1.29, 1.82) is 0 Å². The Balaban J connectivity index is 1.27. The van der Waals surface area contributed by atoms with E-state index in [2.05, 4.69) is 18.5 Å². The van der Waals surface area contributed by atoms with Crippen LogP contribution in [-0.2, 0) is 41.7 Å². The predicted octanol–water partition coefficient (Wildman–Crippen LogP) is 5.35. The number of para-hydroxylation sites is 1. The van der Waals surface area contributed by atoms with Crippen molar-refractivity contribution in [3.8, 4) is 11.4 Å². The summed E-state index contributed by atoms with van der Waals surface area (Å²) < 4.78 is 17.6. The summed E-state index contributed by atoms with van der Waals surface area (Å²) in [5.41, 5.74) is 6.54. The molecule has 0 saturated heterocycles. The zero-order chi connectivity index (χ0) is 37.4. The van der Waals surface area contributed by atoms with Gasteiger partial charge in [0.05, 0.1) is 64.3 Å². The van der Waals surface area contributed by atoms with Crippen molar-refractivity contribution in [3.63, 3.8) is 0 Å². The molecule has 1 atom stereocenters. The van der Waals surface area contributed by atoms with Crippen LogP contribution in [0.5, 0.6) is 0 Å². The molecule has 0 saturated carbocycles. The van der Waals surface area contributed by atoms with E-state index in [9.17, 15) is 24.3 Å². The Bertz CT molecular complexity index is 2340. The second kappa shape index (κ2) is 14.3. The summed E-state index contributed by atoms with van der Waals surface area (Å²) in [7, 11) is 0. The van der Waals surface area contributed by atoms with Crippen molar-refractivity contribution >= 4 is 40.7 Å². The minimum absolute atomic E-state index is 0.00172. The molecule has 268 valence electrons. The molecule has 0 amide bonds. The van der Waals surface area contributed by atoms with Crippen LogP contribution < -0.4 is 10.9 Å². The number of carbonyl (C=O) groups is 3. The molecule has 0 radical (unpaired) electrons. The summed E-state index contributed by atoms with van der Waals surface area (Å²) in [5.74, 6) is -2.53. The number of hydrogen-bond donors (Lipinski definition) is 2. The third-order valence-corrected chi connectivity index (χ3v) is 9.56. The number of dihydropyridines is 1. The van der Waals surface area contributed by atoms with Crippen molar-refractivity contribution in [2.75, 3.05) is 13.2 Å². The largest absolute Gasteiger partial charge is 0.460 e. The molecule has 4 aromatic rings. The van der Waals surface area contributed by atoms with E-state index in [4.69, 9.17) is 24.2 Å². The summed E-state index contributed by atoms with van der Waals surface area (Å²) in [5, 5.41) is 14.8. The number of rotatable bonds is 9. The molecule has 53 heavy (non-hydrogen) atoms. The van der Waals surface area contributed by atoms with Gasteiger partial charge in [-0.3, -0.25) is 14.6 Å². The minimum Gasteiger partial charge on any atom is -0.460 e. The number of benzene rings is 2. The highest BCUT2D eigenvalue weighted by Gasteiger charge is 2.38. The summed E-state index contributed by atoms with van der Waals surface area (Å²) >= 11 is 0. The predicted molar refractivity (Wildman–Crippen MR) is 197 cm³/mol. The van der Waals surface area contributed by atoms with E-state index < -0.39 is 29.9 Å². The number of nitrogens with zero attached hydrogens (tertiary/aromatic N) is 3.